The molecule has 3 aromatic carbocycles. The van der Waals surface area contributed by atoms with Crippen LogP contribution in [0, 0.1) is 12.8 Å². The summed E-state index contributed by atoms with van der Waals surface area (Å²) in [6, 6.07) is 20.0. The van der Waals surface area contributed by atoms with Crippen molar-refractivity contribution in [2.45, 2.75) is 51.5 Å². The Morgan fingerprint density at radius 1 is 0.907 bits per heavy atom. The number of amides is 2. The van der Waals surface area contributed by atoms with Gasteiger partial charge in [0, 0.05) is 19.2 Å². The quantitative estimate of drug-likeness (QED) is 0.265. The molecule has 0 aliphatic heterocycles. The van der Waals surface area contributed by atoms with E-state index in [-0.39, 0.29) is 29.0 Å². The number of ether oxygens (including phenoxy) is 2. The van der Waals surface area contributed by atoms with E-state index in [9.17, 15) is 18.0 Å². The molecule has 0 fully saturated rings. The summed E-state index contributed by atoms with van der Waals surface area (Å²) in [5.74, 6) is 0.208. The van der Waals surface area contributed by atoms with E-state index in [1.165, 1.54) is 37.3 Å². The summed E-state index contributed by atoms with van der Waals surface area (Å²) in [5, 5.41) is 2.95. The van der Waals surface area contributed by atoms with Gasteiger partial charge in [-0.05, 0) is 55.5 Å². The third kappa shape index (κ3) is 8.73. The fourth-order valence-corrected chi connectivity index (χ4v) is 6.07. The molecule has 0 heterocycles. The average Bonchev–Trinajstić information content (AvgIpc) is 3.00. The normalized spacial score (nSPS) is 12.0. The first-order valence-electron chi connectivity index (χ1n) is 14.4. The van der Waals surface area contributed by atoms with Gasteiger partial charge in [0.1, 0.15) is 12.6 Å². The van der Waals surface area contributed by atoms with E-state index in [2.05, 4.69) is 5.32 Å². The molecule has 3 rings (SSSR count). The molecule has 0 aromatic heterocycles. The Bertz CT molecular complexity index is 1460. The number of sulfonamides is 1. The van der Waals surface area contributed by atoms with Crippen molar-refractivity contribution in [3.05, 3.63) is 83.9 Å². The number of hydrogen-bond acceptors (Lipinski definition) is 6. The van der Waals surface area contributed by atoms with E-state index in [1.54, 1.807) is 24.3 Å². The van der Waals surface area contributed by atoms with Crippen LogP contribution in [0.4, 0.5) is 5.69 Å². The number of nitrogens with one attached hydrogen (secondary N) is 1. The highest BCUT2D eigenvalue weighted by atomic mass is 32.2. The van der Waals surface area contributed by atoms with Crippen LogP contribution >= 0.6 is 0 Å². The van der Waals surface area contributed by atoms with Crippen molar-refractivity contribution < 1.29 is 27.5 Å². The molecule has 0 radical (unpaired) electrons. The van der Waals surface area contributed by atoms with Gasteiger partial charge < -0.3 is 19.7 Å². The van der Waals surface area contributed by atoms with Crippen molar-refractivity contribution >= 4 is 27.5 Å². The number of nitrogens with zero attached hydrogens (tertiary/aromatic N) is 2. The standard InChI is InChI=1S/C33H43N3O6S/c1-7-29(33(38)34-22-24(2)3)35(20-19-26-11-9-8-10-12-26)32(37)23-36(27-15-18-30(41-5)31(21-27)42-6)43(39,40)28-16-13-25(4)14-17-28/h8-18,21,24,29H,7,19-20,22-23H2,1-6H3,(H,34,38). The van der Waals surface area contributed by atoms with Crippen LogP contribution in [0.1, 0.15) is 38.3 Å². The number of benzene rings is 3. The number of hydrogen-bond donors (Lipinski definition) is 1. The zero-order chi connectivity index (χ0) is 31.6. The minimum atomic E-state index is -4.20. The highest BCUT2D eigenvalue weighted by Crippen LogP contribution is 2.34. The number of rotatable bonds is 15. The summed E-state index contributed by atoms with van der Waals surface area (Å²) in [6.45, 7) is 7.89. The minimum Gasteiger partial charge on any atom is -0.493 e. The molecule has 0 saturated heterocycles. The van der Waals surface area contributed by atoms with Crippen LogP contribution in [-0.2, 0) is 26.0 Å². The van der Waals surface area contributed by atoms with E-state index < -0.39 is 28.5 Å². The molecule has 0 saturated carbocycles. The second-order valence-electron chi connectivity index (χ2n) is 10.7. The van der Waals surface area contributed by atoms with Crippen LogP contribution in [0.5, 0.6) is 11.5 Å². The largest absolute Gasteiger partial charge is 0.493 e. The molecule has 232 valence electrons. The molecule has 3 aromatic rings. The van der Waals surface area contributed by atoms with Gasteiger partial charge in [-0.1, -0.05) is 68.8 Å². The first-order chi connectivity index (χ1) is 20.5. The Morgan fingerprint density at radius 2 is 1.56 bits per heavy atom. The molecule has 0 bridgehead atoms. The van der Waals surface area contributed by atoms with Crippen molar-refractivity contribution in [3.8, 4) is 11.5 Å². The molecule has 1 unspecified atom stereocenters. The second kappa shape index (κ2) is 15.4. The van der Waals surface area contributed by atoms with Crippen LogP contribution in [0.25, 0.3) is 0 Å². The van der Waals surface area contributed by atoms with Gasteiger partial charge in [0.25, 0.3) is 10.0 Å². The predicted octanol–water partition coefficient (Wildman–Crippen LogP) is 4.83. The zero-order valence-corrected chi connectivity index (χ0v) is 26.7. The maximum Gasteiger partial charge on any atom is 0.264 e. The van der Waals surface area contributed by atoms with E-state index in [4.69, 9.17) is 9.47 Å². The lowest BCUT2D eigenvalue weighted by atomic mass is 10.1. The zero-order valence-electron chi connectivity index (χ0n) is 25.9. The molecule has 10 heteroatoms. The van der Waals surface area contributed by atoms with E-state index in [0.717, 1.165) is 15.4 Å². The molecule has 1 atom stereocenters. The Hall–Kier alpha value is -4.05. The minimum absolute atomic E-state index is 0.0400. The fourth-order valence-electron chi connectivity index (χ4n) is 4.66. The predicted molar refractivity (Wildman–Crippen MR) is 169 cm³/mol. The summed E-state index contributed by atoms with van der Waals surface area (Å²) in [5.41, 5.74) is 2.13. The monoisotopic (exact) mass is 609 g/mol. The molecular formula is C33H43N3O6S. The smallest absolute Gasteiger partial charge is 0.264 e. The first-order valence-corrected chi connectivity index (χ1v) is 15.9. The van der Waals surface area contributed by atoms with Gasteiger partial charge in [-0.15, -0.1) is 0 Å². The van der Waals surface area contributed by atoms with E-state index in [0.29, 0.717) is 30.9 Å². The van der Waals surface area contributed by atoms with Crippen molar-refractivity contribution in [1.29, 1.82) is 0 Å². The second-order valence-corrected chi connectivity index (χ2v) is 12.6. The number of carbonyl (C=O) groups excluding carboxylic acids is 2. The van der Waals surface area contributed by atoms with Gasteiger partial charge in [-0.2, -0.15) is 0 Å². The van der Waals surface area contributed by atoms with Gasteiger partial charge in [0.05, 0.1) is 24.8 Å². The van der Waals surface area contributed by atoms with Gasteiger partial charge in [-0.25, -0.2) is 8.42 Å². The summed E-state index contributed by atoms with van der Waals surface area (Å²) in [6.07, 6.45) is 0.868. The van der Waals surface area contributed by atoms with Crippen molar-refractivity contribution in [2.75, 3.05) is 38.2 Å². The summed E-state index contributed by atoms with van der Waals surface area (Å²) in [4.78, 5) is 29.1. The molecular weight excluding hydrogens is 566 g/mol. The van der Waals surface area contributed by atoms with Crippen molar-refractivity contribution in [3.63, 3.8) is 0 Å². The lowest BCUT2D eigenvalue weighted by Gasteiger charge is -2.33. The molecule has 2 amide bonds. The van der Waals surface area contributed by atoms with Crippen LogP contribution in [0.2, 0.25) is 0 Å². The summed E-state index contributed by atoms with van der Waals surface area (Å²) >= 11 is 0. The van der Waals surface area contributed by atoms with E-state index in [1.807, 2.05) is 58.0 Å². The van der Waals surface area contributed by atoms with Gasteiger partial charge >= 0.3 is 0 Å². The molecule has 0 aliphatic carbocycles. The number of methoxy groups -OCH3 is 2. The first kappa shape index (κ1) is 33.5. The Kier molecular flexibility index (Phi) is 12.0. The van der Waals surface area contributed by atoms with Gasteiger partial charge in [0.2, 0.25) is 11.8 Å². The number of anilines is 1. The van der Waals surface area contributed by atoms with Crippen molar-refractivity contribution in [1.82, 2.24) is 10.2 Å². The van der Waals surface area contributed by atoms with Crippen LogP contribution < -0.4 is 19.1 Å². The van der Waals surface area contributed by atoms with Crippen LogP contribution in [0.15, 0.2) is 77.7 Å². The molecule has 43 heavy (non-hydrogen) atoms. The summed E-state index contributed by atoms with van der Waals surface area (Å²) < 4.78 is 40.0. The average molecular weight is 610 g/mol. The third-order valence-corrected chi connectivity index (χ3v) is 8.89. The SMILES string of the molecule is CCC(C(=O)NCC(C)C)N(CCc1ccccc1)C(=O)CN(c1ccc(OC)c(OC)c1)S(=O)(=O)c1ccc(C)cc1. The Morgan fingerprint density at radius 3 is 2.14 bits per heavy atom. The fraction of sp³-hybridized carbons (Fsp3) is 0.394. The molecule has 0 aliphatic rings. The lowest BCUT2D eigenvalue weighted by Crippen LogP contribution is -2.53. The van der Waals surface area contributed by atoms with Crippen molar-refractivity contribution in [2.24, 2.45) is 5.92 Å². The highest BCUT2D eigenvalue weighted by molar-refractivity contribution is 7.92. The maximum atomic E-state index is 14.2. The lowest BCUT2D eigenvalue weighted by molar-refractivity contribution is -0.139. The number of carbonyl (C=O) groups is 2. The maximum absolute atomic E-state index is 14.2. The molecule has 0 spiro atoms. The summed E-state index contributed by atoms with van der Waals surface area (Å²) in [7, 11) is -1.25. The van der Waals surface area contributed by atoms with Gasteiger partial charge in [-0.3, -0.25) is 13.9 Å². The van der Waals surface area contributed by atoms with Gasteiger partial charge in [0.15, 0.2) is 11.5 Å². The topological polar surface area (TPSA) is 105 Å². The van der Waals surface area contributed by atoms with Crippen LogP contribution in [0.3, 0.4) is 0 Å². The Labute approximate surface area is 255 Å². The van der Waals surface area contributed by atoms with E-state index >= 15 is 0 Å². The molecule has 9 nitrogen and oxygen atoms in total. The Balaban J connectivity index is 2.06. The van der Waals surface area contributed by atoms with Crippen LogP contribution in [-0.4, -0.2) is 65.0 Å². The highest BCUT2D eigenvalue weighted by Gasteiger charge is 2.34. The molecule has 1 N–H and O–H groups in total. The number of aryl methyl sites for hydroxylation is 1. The third-order valence-electron chi connectivity index (χ3n) is 7.10.